The molecule has 0 aromatic carbocycles. The Labute approximate surface area is 91.3 Å². The molecule has 0 saturated heterocycles. The summed E-state index contributed by atoms with van der Waals surface area (Å²) in [6.07, 6.45) is 0.808. The predicted octanol–water partition coefficient (Wildman–Crippen LogP) is 1.89. The van der Waals surface area contributed by atoms with Crippen molar-refractivity contribution in [3.8, 4) is 0 Å². The number of carbonyl (C=O) groups excluding carboxylic acids is 1. The summed E-state index contributed by atoms with van der Waals surface area (Å²) in [7, 11) is 0. The highest BCUT2D eigenvalue weighted by atomic mass is 16.4. The molecule has 0 heterocycles. The Morgan fingerprint density at radius 2 is 1.53 bits per heavy atom. The quantitative estimate of drug-likeness (QED) is 0.736. The molecule has 0 aliphatic carbocycles. The van der Waals surface area contributed by atoms with E-state index in [4.69, 9.17) is 5.11 Å². The fourth-order valence-electron chi connectivity index (χ4n) is 1.69. The highest BCUT2D eigenvalue weighted by Gasteiger charge is 2.19. The molecule has 0 atom stereocenters. The lowest BCUT2D eigenvalue weighted by atomic mass is 10.1. The summed E-state index contributed by atoms with van der Waals surface area (Å²) >= 11 is 0. The third-order valence-corrected chi connectivity index (χ3v) is 2.18. The molecule has 88 valence electrons. The van der Waals surface area contributed by atoms with Crippen molar-refractivity contribution in [2.24, 2.45) is 0 Å². The molecular weight excluding hydrogens is 194 g/mol. The zero-order chi connectivity index (χ0) is 12.0. The van der Waals surface area contributed by atoms with E-state index in [0.717, 1.165) is 0 Å². The molecule has 0 aliphatic rings. The van der Waals surface area contributed by atoms with Crippen molar-refractivity contribution in [1.29, 1.82) is 0 Å². The SMILES string of the molecule is CC(C)N(C(=O)CCCC(=O)O)C(C)C. The Bertz CT molecular complexity index is 216. The van der Waals surface area contributed by atoms with Crippen LogP contribution in [-0.2, 0) is 9.59 Å². The van der Waals surface area contributed by atoms with Crippen molar-refractivity contribution in [1.82, 2.24) is 4.90 Å². The van der Waals surface area contributed by atoms with Crippen LogP contribution in [0.15, 0.2) is 0 Å². The molecule has 0 unspecified atom stereocenters. The normalized spacial score (nSPS) is 10.8. The molecule has 0 aromatic heterocycles. The molecule has 15 heavy (non-hydrogen) atoms. The average Bonchev–Trinajstić information content (AvgIpc) is 2.01. The van der Waals surface area contributed by atoms with Crippen LogP contribution in [0.5, 0.6) is 0 Å². The van der Waals surface area contributed by atoms with Crippen molar-refractivity contribution in [2.75, 3.05) is 0 Å². The van der Waals surface area contributed by atoms with E-state index >= 15 is 0 Å². The number of carboxylic acids is 1. The summed E-state index contributed by atoms with van der Waals surface area (Å²) in [6.45, 7) is 7.87. The van der Waals surface area contributed by atoms with Crippen molar-refractivity contribution in [3.05, 3.63) is 0 Å². The maximum absolute atomic E-state index is 11.7. The Balaban J connectivity index is 4.10. The molecule has 0 aliphatic heterocycles. The first-order valence-electron chi connectivity index (χ1n) is 5.39. The zero-order valence-electron chi connectivity index (χ0n) is 9.99. The second-order valence-corrected chi connectivity index (χ2v) is 4.24. The highest BCUT2D eigenvalue weighted by Crippen LogP contribution is 2.09. The third-order valence-electron chi connectivity index (χ3n) is 2.18. The van der Waals surface area contributed by atoms with E-state index < -0.39 is 5.97 Å². The number of nitrogens with zero attached hydrogens (tertiary/aromatic N) is 1. The number of hydrogen-bond donors (Lipinski definition) is 1. The number of carboxylic acid groups (broad SMARTS) is 1. The van der Waals surface area contributed by atoms with E-state index in [1.807, 2.05) is 27.7 Å². The number of hydrogen-bond acceptors (Lipinski definition) is 2. The Hall–Kier alpha value is -1.06. The Morgan fingerprint density at radius 3 is 1.87 bits per heavy atom. The molecule has 0 fully saturated rings. The molecule has 0 saturated carbocycles. The Morgan fingerprint density at radius 1 is 1.07 bits per heavy atom. The molecule has 4 heteroatoms. The van der Waals surface area contributed by atoms with Gasteiger partial charge in [0.15, 0.2) is 0 Å². The zero-order valence-corrected chi connectivity index (χ0v) is 9.99. The molecule has 0 rings (SSSR count). The lowest BCUT2D eigenvalue weighted by molar-refractivity contribution is -0.137. The smallest absolute Gasteiger partial charge is 0.303 e. The molecular formula is C11H21NO3. The molecule has 0 radical (unpaired) electrons. The van der Waals surface area contributed by atoms with Gasteiger partial charge in [-0.1, -0.05) is 0 Å². The standard InChI is InChI=1S/C11H21NO3/c1-8(2)12(9(3)4)10(13)6-5-7-11(14)15/h8-9H,5-7H2,1-4H3,(H,14,15). The van der Waals surface area contributed by atoms with Crippen LogP contribution in [0.4, 0.5) is 0 Å². The van der Waals surface area contributed by atoms with Gasteiger partial charge in [-0.05, 0) is 34.1 Å². The van der Waals surface area contributed by atoms with Gasteiger partial charge in [-0.15, -0.1) is 0 Å². The molecule has 1 amide bonds. The third kappa shape index (κ3) is 5.40. The van der Waals surface area contributed by atoms with Crippen LogP contribution in [0, 0.1) is 0 Å². The van der Waals surface area contributed by atoms with Gasteiger partial charge in [-0.3, -0.25) is 9.59 Å². The van der Waals surface area contributed by atoms with Crippen molar-refractivity contribution in [2.45, 2.75) is 59.0 Å². The number of carbonyl (C=O) groups is 2. The number of rotatable bonds is 6. The lowest BCUT2D eigenvalue weighted by Crippen LogP contribution is -2.41. The van der Waals surface area contributed by atoms with Gasteiger partial charge in [0.1, 0.15) is 0 Å². The van der Waals surface area contributed by atoms with Gasteiger partial charge in [0.25, 0.3) is 0 Å². The van der Waals surface area contributed by atoms with Crippen LogP contribution in [0.25, 0.3) is 0 Å². The van der Waals surface area contributed by atoms with Gasteiger partial charge in [-0.2, -0.15) is 0 Å². The first-order chi connectivity index (χ1) is 6.86. The topological polar surface area (TPSA) is 57.6 Å². The second-order valence-electron chi connectivity index (χ2n) is 4.24. The van der Waals surface area contributed by atoms with Crippen molar-refractivity contribution in [3.63, 3.8) is 0 Å². The van der Waals surface area contributed by atoms with Crippen LogP contribution in [-0.4, -0.2) is 34.0 Å². The molecule has 0 bridgehead atoms. The van der Waals surface area contributed by atoms with E-state index in [-0.39, 0.29) is 24.4 Å². The number of amides is 1. The maximum atomic E-state index is 11.7. The highest BCUT2D eigenvalue weighted by molar-refractivity contribution is 5.77. The van der Waals surface area contributed by atoms with Gasteiger partial charge in [0.05, 0.1) is 0 Å². The van der Waals surface area contributed by atoms with Gasteiger partial charge in [0.2, 0.25) is 5.91 Å². The summed E-state index contributed by atoms with van der Waals surface area (Å²) in [4.78, 5) is 23.8. The predicted molar refractivity (Wildman–Crippen MR) is 58.6 cm³/mol. The maximum Gasteiger partial charge on any atom is 0.303 e. The van der Waals surface area contributed by atoms with Crippen LogP contribution >= 0.6 is 0 Å². The minimum atomic E-state index is -0.844. The van der Waals surface area contributed by atoms with E-state index in [9.17, 15) is 9.59 Å². The average molecular weight is 215 g/mol. The monoisotopic (exact) mass is 215 g/mol. The molecule has 4 nitrogen and oxygen atoms in total. The summed E-state index contributed by atoms with van der Waals surface area (Å²) in [5.74, 6) is -0.801. The van der Waals surface area contributed by atoms with Gasteiger partial charge in [-0.25, -0.2) is 0 Å². The van der Waals surface area contributed by atoms with Gasteiger partial charge in [0, 0.05) is 24.9 Å². The van der Waals surface area contributed by atoms with E-state index in [1.165, 1.54) is 0 Å². The van der Waals surface area contributed by atoms with Crippen molar-refractivity contribution >= 4 is 11.9 Å². The van der Waals surface area contributed by atoms with Gasteiger partial charge < -0.3 is 10.0 Å². The molecule has 0 spiro atoms. The largest absolute Gasteiger partial charge is 0.481 e. The summed E-state index contributed by atoms with van der Waals surface area (Å²) in [5, 5.41) is 8.46. The van der Waals surface area contributed by atoms with Crippen LogP contribution < -0.4 is 0 Å². The van der Waals surface area contributed by atoms with Crippen molar-refractivity contribution < 1.29 is 14.7 Å². The lowest BCUT2D eigenvalue weighted by Gasteiger charge is -2.30. The molecule has 0 aromatic rings. The summed E-state index contributed by atoms with van der Waals surface area (Å²) in [5.41, 5.74) is 0. The van der Waals surface area contributed by atoms with E-state index in [0.29, 0.717) is 12.8 Å². The summed E-state index contributed by atoms with van der Waals surface area (Å²) in [6, 6.07) is 0.338. The Kier molecular flexibility index (Phi) is 5.97. The summed E-state index contributed by atoms with van der Waals surface area (Å²) < 4.78 is 0. The molecule has 1 N–H and O–H groups in total. The minimum Gasteiger partial charge on any atom is -0.481 e. The van der Waals surface area contributed by atoms with Gasteiger partial charge >= 0.3 is 5.97 Å². The number of aliphatic carboxylic acids is 1. The minimum absolute atomic E-state index is 0.0428. The van der Waals surface area contributed by atoms with Crippen LogP contribution in [0.1, 0.15) is 47.0 Å². The van der Waals surface area contributed by atoms with Crippen LogP contribution in [0.2, 0.25) is 0 Å². The van der Waals surface area contributed by atoms with E-state index in [1.54, 1.807) is 4.90 Å². The first-order valence-corrected chi connectivity index (χ1v) is 5.39. The first kappa shape index (κ1) is 13.9. The fraction of sp³-hybridized carbons (Fsp3) is 0.818. The van der Waals surface area contributed by atoms with E-state index in [2.05, 4.69) is 0 Å². The van der Waals surface area contributed by atoms with Crippen LogP contribution in [0.3, 0.4) is 0 Å². The second kappa shape index (κ2) is 6.43. The fourth-order valence-corrected chi connectivity index (χ4v) is 1.69.